The van der Waals surface area contributed by atoms with Crippen molar-refractivity contribution in [1.29, 1.82) is 0 Å². The molecule has 2 heterocycles. The van der Waals surface area contributed by atoms with Crippen LogP contribution in [0.4, 0.5) is 0 Å². The third-order valence-electron chi connectivity index (χ3n) is 7.51. The molecule has 1 amide bonds. The Bertz CT molecular complexity index is 965. The molecule has 3 aliphatic rings. The second kappa shape index (κ2) is 9.15. The van der Waals surface area contributed by atoms with Gasteiger partial charge < -0.3 is 14.5 Å². The molecule has 1 aliphatic carbocycles. The number of hydrogen-bond donors (Lipinski definition) is 0. The molecule has 0 radical (unpaired) electrons. The number of amides is 1. The average Bonchev–Trinajstić information content (AvgIpc) is 3.31. The summed E-state index contributed by atoms with van der Waals surface area (Å²) in [4.78, 5) is 35.5. The first-order chi connectivity index (χ1) is 16.0. The van der Waals surface area contributed by atoms with Gasteiger partial charge in [-0.1, -0.05) is 28.9 Å². The average molecular weight is 490 g/mol. The molecule has 1 aromatic carbocycles. The lowest BCUT2D eigenvalue weighted by Gasteiger charge is -2.36. The highest BCUT2D eigenvalue weighted by molar-refractivity contribution is 6.30. The molecule has 8 heteroatoms. The minimum absolute atomic E-state index is 0.128. The van der Waals surface area contributed by atoms with Gasteiger partial charge in [0.25, 0.3) is 0 Å². The van der Waals surface area contributed by atoms with E-state index in [9.17, 15) is 9.59 Å². The van der Waals surface area contributed by atoms with Gasteiger partial charge in [-0.2, -0.15) is 0 Å². The van der Waals surface area contributed by atoms with Gasteiger partial charge in [-0.15, -0.1) is 0 Å². The van der Waals surface area contributed by atoms with E-state index >= 15 is 0 Å². The number of hydrogen-bond acceptors (Lipinski definition) is 6. The van der Waals surface area contributed by atoms with Crippen LogP contribution in [-0.2, 0) is 24.6 Å². The fraction of sp³-hybridized carbons (Fsp3) is 0.654. The zero-order valence-corrected chi connectivity index (χ0v) is 21.8. The van der Waals surface area contributed by atoms with E-state index in [1.165, 1.54) is 12.5 Å². The van der Waals surface area contributed by atoms with Crippen LogP contribution in [0.5, 0.6) is 0 Å². The Morgan fingerprint density at radius 2 is 1.76 bits per heavy atom. The molecule has 3 atom stereocenters. The number of benzene rings is 1. The van der Waals surface area contributed by atoms with E-state index in [1.807, 2.05) is 19.1 Å². The minimum atomic E-state index is -0.689. The van der Waals surface area contributed by atoms with Crippen molar-refractivity contribution in [3.63, 3.8) is 0 Å². The third kappa shape index (κ3) is 4.57. The second-order valence-corrected chi connectivity index (χ2v) is 11.1. The molecule has 2 unspecified atom stereocenters. The van der Waals surface area contributed by atoms with Gasteiger partial charge in [-0.3, -0.25) is 9.69 Å². The highest BCUT2D eigenvalue weighted by atomic mass is 35.5. The van der Waals surface area contributed by atoms with Crippen molar-refractivity contribution >= 4 is 29.2 Å². The molecule has 0 N–H and O–H groups in total. The molecule has 7 nitrogen and oxygen atoms in total. The summed E-state index contributed by atoms with van der Waals surface area (Å²) in [6, 6.07) is 7.67. The normalized spacial score (nSPS) is 26.2. The third-order valence-corrected chi connectivity index (χ3v) is 7.77. The molecule has 186 valence electrons. The van der Waals surface area contributed by atoms with Crippen LogP contribution in [0, 0.1) is 0 Å². The molecule has 1 spiro atoms. The first-order valence-electron chi connectivity index (χ1n) is 12.2. The van der Waals surface area contributed by atoms with E-state index in [1.54, 1.807) is 4.90 Å². The lowest BCUT2D eigenvalue weighted by molar-refractivity contribution is -0.168. The Labute approximate surface area is 207 Å². The first-order valence-corrected chi connectivity index (χ1v) is 12.6. The predicted molar refractivity (Wildman–Crippen MR) is 132 cm³/mol. The van der Waals surface area contributed by atoms with Crippen LogP contribution < -0.4 is 0 Å². The topological polar surface area (TPSA) is 71.4 Å². The summed E-state index contributed by atoms with van der Waals surface area (Å²) in [5, 5.41) is 5.22. The molecule has 0 aromatic heterocycles. The molecule has 0 bridgehead atoms. The van der Waals surface area contributed by atoms with E-state index in [2.05, 4.69) is 49.9 Å². The van der Waals surface area contributed by atoms with Gasteiger partial charge in [-0.05, 0) is 65.2 Å². The lowest BCUT2D eigenvalue weighted by Crippen LogP contribution is -2.48. The number of oxime groups is 1. The summed E-state index contributed by atoms with van der Waals surface area (Å²) in [5.74, 6) is -0.547. The highest BCUT2D eigenvalue weighted by Gasteiger charge is 2.59. The number of nitrogens with zero attached hydrogens (tertiary/aromatic N) is 3. The summed E-state index contributed by atoms with van der Waals surface area (Å²) in [6.07, 6.45) is 2.60. The van der Waals surface area contributed by atoms with Crippen molar-refractivity contribution < 1.29 is 19.2 Å². The summed E-state index contributed by atoms with van der Waals surface area (Å²) in [7, 11) is 0. The molecule has 1 saturated carbocycles. The Hall–Kier alpha value is -2.12. The molecule has 2 fully saturated rings. The van der Waals surface area contributed by atoms with Crippen LogP contribution in [0.2, 0.25) is 5.02 Å². The first kappa shape index (κ1) is 25.0. The maximum atomic E-state index is 13.3. The number of esters is 1. The Morgan fingerprint density at radius 3 is 2.29 bits per heavy atom. The Kier molecular flexibility index (Phi) is 6.73. The van der Waals surface area contributed by atoms with Crippen LogP contribution >= 0.6 is 11.6 Å². The van der Waals surface area contributed by atoms with Gasteiger partial charge in [0, 0.05) is 42.3 Å². The molecule has 34 heavy (non-hydrogen) atoms. The van der Waals surface area contributed by atoms with E-state index in [0.29, 0.717) is 24.4 Å². The van der Waals surface area contributed by atoms with Crippen molar-refractivity contribution in [2.45, 2.75) is 103 Å². The fourth-order valence-corrected chi connectivity index (χ4v) is 5.97. The summed E-state index contributed by atoms with van der Waals surface area (Å²) in [5.41, 5.74) is 1.36. The monoisotopic (exact) mass is 489 g/mol. The summed E-state index contributed by atoms with van der Waals surface area (Å²) in [6.45, 7) is 12.0. The van der Waals surface area contributed by atoms with Crippen molar-refractivity contribution in [2.75, 3.05) is 6.54 Å². The van der Waals surface area contributed by atoms with Crippen molar-refractivity contribution in [1.82, 2.24) is 9.80 Å². The van der Waals surface area contributed by atoms with Gasteiger partial charge in [0.15, 0.2) is 11.8 Å². The SMILES string of the molecule is CC(=O)N1CC2(CC(C3(c4ccc(Cl)cc4)CC3)=NO2)C[C@H]1C(=O)OC(C)N(C(C)C)C(C)C. The number of halogens is 1. The van der Waals surface area contributed by atoms with Crippen molar-refractivity contribution in [3.8, 4) is 0 Å². The molecular weight excluding hydrogens is 454 g/mol. The largest absolute Gasteiger partial charge is 0.445 e. The maximum Gasteiger partial charge on any atom is 0.330 e. The van der Waals surface area contributed by atoms with Crippen LogP contribution in [0.3, 0.4) is 0 Å². The van der Waals surface area contributed by atoms with Gasteiger partial charge in [0.2, 0.25) is 5.91 Å². The predicted octanol–water partition coefficient (Wildman–Crippen LogP) is 4.52. The van der Waals surface area contributed by atoms with E-state index < -0.39 is 17.9 Å². The number of likely N-dealkylation sites (tertiary alicyclic amines) is 1. The Balaban J connectivity index is 1.48. The zero-order chi connectivity index (χ0) is 24.8. The zero-order valence-electron chi connectivity index (χ0n) is 21.0. The second-order valence-electron chi connectivity index (χ2n) is 10.6. The van der Waals surface area contributed by atoms with Crippen molar-refractivity contribution in [2.24, 2.45) is 5.16 Å². The highest BCUT2D eigenvalue weighted by Crippen LogP contribution is 2.54. The van der Waals surface area contributed by atoms with Gasteiger partial charge in [0.1, 0.15) is 6.04 Å². The minimum Gasteiger partial charge on any atom is -0.445 e. The van der Waals surface area contributed by atoms with Gasteiger partial charge in [-0.25, -0.2) is 4.79 Å². The number of carbonyl (C=O) groups excluding carboxylic acids is 2. The molecular formula is C26H36ClN3O4. The van der Waals surface area contributed by atoms with Crippen LogP contribution in [0.25, 0.3) is 0 Å². The molecule has 1 saturated heterocycles. The van der Waals surface area contributed by atoms with E-state index in [0.717, 1.165) is 18.6 Å². The van der Waals surface area contributed by atoms with E-state index in [-0.39, 0.29) is 29.4 Å². The Morgan fingerprint density at radius 1 is 1.15 bits per heavy atom. The van der Waals surface area contributed by atoms with Crippen LogP contribution in [0.1, 0.15) is 72.8 Å². The number of carbonyl (C=O) groups is 2. The fourth-order valence-electron chi connectivity index (χ4n) is 5.84. The van der Waals surface area contributed by atoms with E-state index in [4.69, 9.17) is 21.2 Å². The van der Waals surface area contributed by atoms with Crippen LogP contribution in [-0.4, -0.2) is 63.9 Å². The van der Waals surface area contributed by atoms with Crippen molar-refractivity contribution in [3.05, 3.63) is 34.9 Å². The summed E-state index contributed by atoms with van der Waals surface area (Å²) >= 11 is 6.08. The smallest absolute Gasteiger partial charge is 0.330 e. The summed E-state index contributed by atoms with van der Waals surface area (Å²) < 4.78 is 5.88. The molecule has 1 aromatic rings. The van der Waals surface area contributed by atoms with Gasteiger partial charge in [0.05, 0.1) is 12.3 Å². The van der Waals surface area contributed by atoms with Crippen LogP contribution in [0.15, 0.2) is 29.4 Å². The van der Waals surface area contributed by atoms with Gasteiger partial charge >= 0.3 is 5.97 Å². The quantitative estimate of drug-likeness (QED) is 0.416. The molecule has 4 rings (SSSR count). The number of ether oxygens (including phenoxy) is 1. The lowest BCUT2D eigenvalue weighted by atomic mass is 9.83. The standard InChI is InChI=1S/C26H36ClN3O4/c1-16(2)30(17(3)4)19(6)33-24(32)22-13-25(15-29(22)18(5)31)14-23(28-34-25)26(11-12-26)20-7-9-21(27)10-8-20/h7-10,16-17,19,22H,11-15H2,1-6H3/t19?,22-,25?/m0/s1. The maximum absolute atomic E-state index is 13.3. The molecule has 2 aliphatic heterocycles. The number of rotatable bonds is 7.